The Balaban J connectivity index is 2.62. The van der Waals surface area contributed by atoms with Crippen LogP contribution in [0.1, 0.15) is 12.5 Å². The highest BCUT2D eigenvalue weighted by Crippen LogP contribution is 2.24. The van der Waals surface area contributed by atoms with Crippen LogP contribution in [-0.4, -0.2) is 33.5 Å². The Hall–Kier alpha value is -1.26. The molecule has 0 saturated carbocycles. The molecule has 0 saturated heterocycles. The van der Waals surface area contributed by atoms with E-state index in [1.165, 1.54) is 0 Å². The van der Waals surface area contributed by atoms with Crippen LogP contribution in [0.5, 0.6) is 11.5 Å². The summed E-state index contributed by atoms with van der Waals surface area (Å²) in [6.45, 7) is 4.42. The summed E-state index contributed by atoms with van der Waals surface area (Å²) < 4.78 is 16.1. The smallest absolute Gasteiger partial charge is 0.122 e. The molecule has 0 bridgehead atoms. The van der Waals surface area contributed by atoms with Gasteiger partial charge in [-0.25, -0.2) is 0 Å². The third kappa shape index (κ3) is 4.63. The van der Waals surface area contributed by atoms with Gasteiger partial charge < -0.3 is 19.9 Å². The minimum atomic E-state index is 0.553. The van der Waals surface area contributed by atoms with Crippen molar-refractivity contribution in [2.45, 2.75) is 13.3 Å². The molecule has 0 aliphatic rings. The number of nitrogens with two attached hydrogens (primary N) is 1. The van der Waals surface area contributed by atoms with Crippen molar-refractivity contribution in [1.82, 2.24) is 0 Å². The molecule has 0 radical (unpaired) electrons. The number of hydrogen-bond donors (Lipinski definition) is 1. The van der Waals surface area contributed by atoms with Gasteiger partial charge in [-0.05, 0) is 43.7 Å². The molecular weight excluding hydrogens is 218 g/mol. The maximum atomic E-state index is 5.66. The molecule has 0 aromatic heterocycles. The lowest BCUT2D eigenvalue weighted by atomic mass is 10.1. The Morgan fingerprint density at radius 3 is 2.71 bits per heavy atom. The van der Waals surface area contributed by atoms with Crippen LogP contribution < -0.4 is 15.2 Å². The second kappa shape index (κ2) is 7.92. The molecule has 4 nitrogen and oxygen atoms in total. The standard InChI is InChI=1S/C13H21NO3/c1-3-16-8-9-17-13-5-4-12(15-2)10-11(13)6-7-14/h4-5,10H,3,6-9,14H2,1-2H3. The summed E-state index contributed by atoms with van der Waals surface area (Å²) in [6, 6.07) is 5.76. The molecular formula is C13H21NO3. The first-order valence-corrected chi connectivity index (χ1v) is 5.89. The first-order chi connectivity index (χ1) is 8.31. The molecule has 0 unspecified atom stereocenters. The van der Waals surface area contributed by atoms with E-state index in [4.69, 9.17) is 19.9 Å². The number of ether oxygens (including phenoxy) is 3. The predicted octanol–water partition coefficient (Wildman–Crippen LogP) is 1.61. The topological polar surface area (TPSA) is 53.7 Å². The molecule has 4 heteroatoms. The lowest BCUT2D eigenvalue weighted by molar-refractivity contribution is 0.110. The van der Waals surface area contributed by atoms with Crippen LogP contribution >= 0.6 is 0 Å². The van der Waals surface area contributed by atoms with Crippen LogP contribution in [0, 0.1) is 0 Å². The molecule has 96 valence electrons. The van der Waals surface area contributed by atoms with Gasteiger partial charge in [0, 0.05) is 6.61 Å². The quantitative estimate of drug-likeness (QED) is 0.700. The number of rotatable bonds is 8. The van der Waals surface area contributed by atoms with Crippen LogP contribution in [0.15, 0.2) is 18.2 Å². The fourth-order valence-corrected chi connectivity index (χ4v) is 1.53. The van der Waals surface area contributed by atoms with Crippen LogP contribution in [0.25, 0.3) is 0 Å². The number of benzene rings is 1. The van der Waals surface area contributed by atoms with Gasteiger partial charge in [0.1, 0.15) is 18.1 Å². The van der Waals surface area contributed by atoms with Gasteiger partial charge in [0.25, 0.3) is 0 Å². The predicted molar refractivity (Wildman–Crippen MR) is 67.7 cm³/mol. The van der Waals surface area contributed by atoms with E-state index >= 15 is 0 Å². The lowest BCUT2D eigenvalue weighted by Crippen LogP contribution is -2.09. The van der Waals surface area contributed by atoms with E-state index < -0.39 is 0 Å². The summed E-state index contributed by atoms with van der Waals surface area (Å²) in [5.41, 5.74) is 6.65. The molecule has 1 aromatic carbocycles. The van der Waals surface area contributed by atoms with Gasteiger partial charge in [-0.3, -0.25) is 0 Å². The second-order valence-corrected chi connectivity index (χ2v) is 3.56. The van der Waals surface area contributed by atoms with Gasteiger partial charge in [-0.15, -0.1) is 0 Å². The van der Waals surface area contributed by atoms with Gasteiger partial charge in [0.2, 0.25) is 0 Å². The molecule has 17 heavy (non-hydrogen) atoms. The average molecular weight is 239 g/mol. The van der Waals surface area contributed by atoms with Crippen LogP contribution in [0.3, 0.4) is 0 Å². The maximum Gasteiger partial charge on any atom is 0.122 e. The van der Waals surface area contributed by atoms with Crippen molar-refractivity contribution in [1.29, 1.82) is 0 Å². The van der Waals surface area contributed by atoms with Gasteiger partial charge in [-0.2, -0.15) is 0 Å². The Morgan fingerprint density at radius 2 is 2.06 bits per heavy atom. The molecule has 0 spiro atoms. The van der Waals surface area contributed by atoms with E-state index in [1.54, 1.807) is 7.11 Å². The van der Waals surface area contributed by atoms with E-state index in [0.717, 1.165) is 23.5 Å². The Kier molecular flexibility index (Phi) is 6.43. The molecule has 0 aliphatic carbocycles. The van der Waals surface area contributed by atoms with Crippen molar-refractivity contribution < 1.29 is 14.2 Å². The van der Waals surface area contributed by atoms with Crippen molar-refractivity contribution in [2.75, 3.05) is 33.5 Å². The molecule has 1 aromatic rings. The highest BCUT2D eigenvalue weighted by molar-refractivity contribution is 5.40. The summed E-state index contributed by atoms with van der Waals surface area (Å²) in [5.74, 6) is 1.68. The normalized spacial score (nSPS) is 10.3. The van der Waals surface area contributed by atoms with Gasteiger partial charge in [0.05, 0.1) is 13.7 Å². The van der Waals surface area contributed by atoms with E-state index in [1.807, 2.05) is 25.1 Å². The summed E-state index contributed by atoms with van der Waals surface area (Å²) in [7, 11) is 1.65. The fraction of sp³-hybridized carbons (Fsp3) is 0.538. The third-order valence-corrected chi connectivity index (χ3v) is 2.37. The summed E-state index contributed by atoms with van der Waals surface area (Å²) in [6.07, 6.45) is 0.779. The highest BCUT2D eigenvalue weighted by Gasteiger charge is 2.05. The van der Waals surface area contributed by atoms with Gasteiger partial charge in [0.15, 0.2) is 0 Å². The zero-order chi connectivity index (χ0) is 12.5. The summed E-state index contributed by atoms with van der Waals surface area (Å²) in [4.78, 5) is 0. The van der Waals surface area contributed by atoms with Gasteiger partial charge in [-0.1, -0.05) is 0 Å². The fourth-order valence-electron chi connectivity index (χ4n) is 1.53. The highest BCUT2D eigenvalue weighted by atomic mass is 16.5. The maximum absolute atomic E-state index is 5.66. The van der Waals surface area contributed by atoms with Crippen molar-refractivity contribution in [2.24, 2.45) is 5.73 Å². The zero-order valence-corrected chi connectivity index (χ0v) is 10.6. The van der Waals surface area contributed by atoms with Crippen LogP contribution in [-0.2, 0) is 11.2 Å². The Morgan fingerprint density at radius 1 is 1.24 bits per heavy atom. The summed E-state index contributed by atoms with van der Waals surface area (Å²) >= 11 is 0. The first-order valence-electron chi connectivity index (χ1n) is 5.89. The Labute approximate surface area is 103 Å². The van der Waals surface area contributed by atoms with E-state index in [-0.39, 0.29) is 0 Å². The third-order valence-electron chi connectivity index (χ3n) is 2.37. The van der Waals surface area contributed by atoms with Gasteiger partial charge >= 0.3 is 0 Å². The molecule has 0 amide bonds. The van der Waals surface area contributed by atoms with Crippen molar-refractivity contribution >= 4 is 0 Å². The number of hydrogen-bond acceptors (Lipinski definition) is 4. The minimum Gasteiger partial charge on any atom is -0.497 e. The van der Waals surface area contributed by atoms with Crippen LogP contribution in [0.2, 0.25) is 0 Å². The lowest BCUT2D eigenvalue weighted by Gasteiger charge is -2.12. The van der Waals surface area contributed by atoms with Crippen LogP contribution in [0.4, 0.5) is 0 Å². The van der Waals surface area contributed by atoms with E-state index in [0.29, 0.717) is 26.4 Å². The average Bonchev–Trinajstić information content (AvgIpc) is 2.36. The number of methoxy groups -OCH3 is 1. The monoisotopic (exact) mass is 239 g/mol. The largest absolute Gasteiger partial charge is 0.497 e. The van der Waals surface area contributed by atoms with E-state index in [9.17, 15) is 0 Å². The molecule has 0 atom stereocenters. The SMILES string of the molecule is CCOCCOc1ccc(OC)cc1CCN. The molecule has 0 heterocycles. The Bertz CT molecular complexity index is 328. The molecule has 2 N–H and O–H groups in total. The molecule has 1 rings (SSSR count). The van der Waals surface area contributed by atoms with Crippen molar-refractivity contribution in [3.05, 3.63) is 23.8 Å². The van der Waals surface area contributed by atoms with Crippen molar-refractivity contribution in [3.8, 4) is 11.5 Å². The van der Waals surface area contributed by atoms with E-state index in [2.05, 4.69) is 0 Å². The summed E-state index contributed by atoms with van der Waals surface area (Å²) in [5, 5.41) is 0. The zero-order valence-electron chi connectivity index (χ0n) is 10.6. The molecule has 0 aliphatic heterocycles. The molecule has 0 fully saturated rings. The van der Waals surface area contributed by atoms with Crippen molar-refractivity contribution in [3.63, 3.8) is 0 Å². The second-order valence-electron chi connectivity index (χ2n) is 3.56. The first kappa shape index (κ1) is 13.8. The minimum absolute atomic E-state index is 0.553.